The number of likely N-dealkylation sites (tertiary alicyclic amines) is 2. The smallest absolute Gasteiger partial charge is 0.321 e. The number of urea groups is 1. The van der Waals surface area contributed by atoms with E-state index in [0.717, 1.165) is 48.1 Å². The Kier molecular flexibility index (Phi) is 5.85. The number of nitrogens with one attached hydrogen (secondary N) is 2. The Labute approximate surface area is 213 Å². The van der Waals surface area contributed by atoms with Crippen LogP contribution in [0.5, 0.6) is 0 Å². The van der Waals surface area contributed by atoms with E-state index in [9.17, 15) is 14.4 Å². The number of carbonyl (C=O) groups excluding carboxylic acids is 1. The zero-order valence-corrected chi connectivity index (χ0v) is 20.3. The molecule has 2 amide bonds. The van der Waals surface area contributed by atoms with E-state index in [1.165, 1.54) is 6.07 Å². The van der Waals surface area contributed by atoms with Crippen LogP contribution >= 0.6 is 0 Å². The summed E-state index contributed by atoms with van der Waals surface area (Å²) in [7, 11) is 0. The standard InChI is InChI=1S/C27H27FN8O/c28-23-3-1-2-4-24(23)33-26(37)34-13-7-20(8-14-34)35-17-27(18-35,9-10-29)36-16-19(15-32-36)21-5-11-30-25-22(21)6-12-31-25/h1-6,11-12,15-16,20H,7-9,13-14,17-18H2,(H,30,31)(H,33,37). The number of aromatic amines is 1. The average Bonchev–Trinajstić information content (AvgIpc) is 3.58. The van der Waals surface area contributed by atoms with Crippen molar-refractivity contribution in [2.24, 2.45) is 0 Å². The normalized spacial score (nSPS) is 17.9. The van der Waals surface area contributed by atoms with Gasteiger partial charge in [-0.1, -0.05) is 12.1 Å². The van der Waals surface area contributed by atoms with Gasteiger partial charge in [0.1, 0.15) is 17.0 Å². The Hall–Kier alpha value is -4.23. The molecule has 188 valence electrons. The highest BCUT2D eigenvalue weighted by Crippen LogP contribution is 2.37. The summed E-state index contributed by atoms with van der Waals surface area (Å²) >= 11 is 0. The van der Waals surface area contributed by atoms with E-state index >= 15 is 0 Å². The summed E-state index contributed by atoms with van der Waals surface area (Å²) in [6.07, 6.45) is 9.60. The summed E-state index contributed by atoms with van der Waals surface area (Å²) in [6.45, 7) is 2.69. The molecule has 0 atom stereocenters. The molecular formula is C27H27FN8O. The number of rotatable bonds is 5. The number of piperidine rings is 1. The van der Waals surface area contributed by atoms with E-state index in [4.69, 9.17) is 0 Å². The van der Waals surface area contributed by atoms with Crippen molar-refractivity contribution in [3.05, 3.63) is 67.0 Å². The fourth-order valence-electron chi connectivity index (χ4n) is 5.58. The van der Waals surface area contributed by atoms with Gasteiger partial charge in [-0.2, -0.15) is 10.4 Å². The molecule has 2 N–H and O–H groups in total. The molecule has 6 rings (SSSR count). The van der Waals surface area contributed by atoms with Crippen LogP contribution < -0.4 is 5.32 Å². The topological polar surface area (TPSA) is 106 Å². The van der Waals surface area contributed by atoms with E-state index in [0.29, 0.717) is 25.6 Å². The molecular weight excluding hydrogens is 471 g/mol. The number of anilines is 1. The predicted molar refractivity (Wildman–Crippen MR) is 137 cm³/mol. The lowest BCUT2D eigenvalue weighted by Gasteiger charge is -2.53. The first-order valence-corrected chi connectivity index (χ1v) is 12.5. The average molecular weight is 499 g/mol. The molecule has 37 heavy (non-hydrogen) atoms. The van der Waals surface area contributed by atoms with Gasteiger partial charge in [-0.3, -0.25) is 9.58 Å². The van der Waals surface area contributed by atoms with Gasteiger partial charge in [0.05, 0.1) is 24.4 Å². The van der Waals surface area contributed by atoms with Crippen LogP contribution in [0.2, 0.25) is 0 Å². The number of amides is 2. The Morgan fingerprint density at radius 3 is 2.81 bits per heavy atom. The van der Waals surface area contributed by atoms with Crippen molar-refractivity contribution in [2.75, 3.05) is 31.5 Å². The summed E-state index contributed by atoms with van der Waals surface area (Å²) in [5, 5.41) is 18.0. The van der Waals surface area contributed by atoms with Crippen LogP contribution in [-0.2, 0) is 5.54 Å². The van der Waals surface area contributed by atoms with Crippen molar-refractivity contribution in [1.29, 1.82) is 5.26 Å². The largest absolute Gasteiger partial charge is 0.346 e. The van der Waals surface area contributed by atoms with Crippen molar-refractivity contribution in [2.45, 2.75) is 30.8 Å². The van der Waals surface area contributed by atoms with Gasteiger partial charge < -0.3 is 15.2 Å². The minimum atomic E-state index is -0.441. The third-order valence-electron chi connectivity index (χ3n) is 7.63. The fraction of sp³-hybridized carbons (Fsp3) is 0.333. The number of hydrogen-bond acceptors (Lipinski definition) is 5. The summed E-state index contributed by atoms with van der Waals surface area (Å²) in [5.41, 5.74) is 2.72. The molecule has 4 aromatic rings. The fourth-order valence-corrected chi connectivity index (χ4v) is 5.58. The van der Waals surface area contributed by atoms with Crippen molar-refractivity contribution in [3.8, 4) is 17.2 Å². The second-order valence-corrected chi connectivity index (χ2v) is 9.86. The maximum Gasteiger partial charge on any atom is 0.321 e. The van der Waals surface area contributed by atoms with Gasteiger partial charge in [0.25, 0.3) is 0 Å². The molecule has 0 bridgehead atoms. The third kappa shape index (κ3) is 4.21. The monoisotopic (exact) mass is 498 g/mol. The maximum atomic E-state index is 13.9. The third-order valence-corrected chi connectivity index (χ3v) is 7.63. The van der Waals surface area contributed by atoms with Gasteiger partial charge in [0, 0.05) is 61.8 Å². The molecule has 0 saturated carbocycles. The van der Waals surface area contributed by atoms with Crippen LogP contribution in [0.3, 0.4) is 0 Å². The highest BCUT2D eigenvalue weighted by Gasteiger charge is 2.48. The van der Waals surface area contributed by atoms with E-state index in [1.807, 2.05) is 35.4 Å². The Balaban J connectivity index is 1.10. The predicted octanol–water partition coefficient (Wildman–Crippen LogP) is 4.19. The van der Waals surface area contributed by atoms with E-state index < -0.39 is 5.82 Å². The number of para-hydroxylation sites is 1. The van der Waals surface area contributed by atoms with E-state index in [2.05, 4.69) is 31.4 Å². The summed E-state index contributed by atoms with van der Waals surface area (Å²) in [4.78, 5) is 24.3. The first-order valence-electron chi connectivity index (χ1n) is 12.5. The van der Waals surface area contributed by atoms with Gasteiger partial charge >= 0.3 is 6.03 Å². The quantitative estimate of drug-likeness (QED) is 0.429. The molecule has 0 spiro atoms. The van der Waals surface area contributed by atoms with Gasteiger partial charge in [-0.15, -0.1) is 0 Å². The first-order chi connectivity index (χ1) is 18.1. The second kappa shape index (κ2) is 9.33. The molecule has 0 unspecified atom stereocenters. The number of nitriles is 1. The van der Waals surface area contributed by atoms with Crippen LogP contribution in [0.1, 0.15) is 19.3 Å². The maximum absolute atomic E-state index is 13.9. The zero-order chi connectivity index (χ0) is 25.4. The molecule has 10 heteroatoms. The molecule has 2 aliphatic rings. The lowest BCUT2D eigenvalue weighted by molar-refractivity contribution is -0.0399. The molecule has 2 aliphatic heterocycles. The zero-order valence-electron chi connectivity index (χ0n) is 20.3. The minimum absolute atomic E-state index is 0.196. The second-order valence-electron chi connectivity index (χ2n) is 9.86. The number of nitrogens with zero attached hydrogens (tertiary/aromatic N) is 6. The molecule has 2 fully saturated rings. The van der Waals surface area contributed by atoms with Crippen LogP contribution in [0, 0.1) is 17.1 Å². The summed E-state index contributed by atoms with van der Waals surface area (Å²) in [5.74, 6) is -0.441. The first kappa shape index (κ1) is 23.2. The Morgan fingerprint density at radius 1 is 1.22 bits per heavy atom. The lowest BCUT2D eigenvalue weighted by Crippen LogP contribution is -2.66. The highest BCUT2D eigenvalue weighted by molar-refractivity contribution is 5.92. The highest BCUT2D eigenvalue weighted by atomic mass is 19.1. The van der Waals surface area contributed by atoms with Crippen LogP contribution in [0.15, 0.2) is 61.2 Å². The molecule has 5 heterocycles. The molecule has 0 aliphatic carbocycles. The number of hydrogen-bond donors (Lipinski definition) is 2. The van der Waals surface area contributed by atoms with Crippen molar-refractivity contribution in [3.63, 3.8) is 0 Å². The number of aromatic nitrogens is 4. The Morgan fingerprint density at radius 2 is 2.03 bits per heavy atom. The summed E-state index contributed by atoms with van der Waals surface area (Å²) in [6, 6.07) is 12.6. The molecule has 3 aromatic heterocycles. The van der Waals surface area contributed by atoms with Gasteiger partial charge in [-0.25, -0.2) is 14.2 Å². The van der Waals surface area contributed by atoms with E-state index in [-0.39, 0.29) is 17.3 Å². The SMILES string of the molecule is N#CCC1(n2cc(-c3ccnc4[nH]ccc34)cn2)CN(C2CCN(C(=O)Nc3ccccc3F)CC2)C1. The molecule has 1 aromatic carbocycles. The lowest BCUT2D eigenvalue weighted by atomic mass is 9.84. The summed E-state index contributed by atoms with van der Waals surface area (Å²) < 4.78 is 15.8. The van der Waals surface area contributed by atoms with Gasteiger partial charge in [0.15, 0.2) is 0 Å². The number of carbonyl (C=O) groups is 1. The molecule has 0 radical (unpaired) electrons. The number of H-pyrrole nitrogens is 1. The molecule has 2 saturated heterocycles. The minimum Gasteiger partial charge on any atom is -0.346 e. The molecule has 9 nitrogen and oxygen atoms in total. The van der Waals surface area contributed by atoms with Crippen molar-refractivity contribution in [1.82, 2.24) is 29.5 Å². The number of fused-ring (bicyclic) bond motifs is 1. The van der Waals surface area contributed by atoms with Crippen LogP contribution in [0.4, 0.5) is 14.9 Å². The number of benzene rings is 1. The van der Waals surface area contributed by atoms with Crippen LogP contribution in [-0.4, -0.2) is 67.8 Å². The van der Waals surface area contributed by atoms with Gasteiger partial charge in [0.2, 0.25) is 0 Å². The van der Waals surface area contributed by atoms with E-state index in [1.54, 1.807) is 29.3 Å². The Bertz CT molecular complexity index is 1470. The van der Waals surface area contributed by atoms with Gasteiger partial charge in [-0.05, 0) is 42.7 Å². The van der Waals surface area contributed by atoms with Crippen molar-refractivity contribution < 1.29 is 9.18 Å². The number of pyridine rings is 1. The van der Waals surface area contributed by atoms with Crippen LogP contribution in [0.25, 0.3) is 22.2 Å². The van der Waals surface area contributed by atoms with Crippen molar-refractivity contribution >= 4 is 22.8 Å². The number of halogens is 1.